The van der Waals surface area contributed by atoms with Crippen molar-refractivity contribution in [3.05, 3.63) is 11.9 Å². The first kappa shape index (κ1) is 9.61. The van der Waals surface area contributed by atoms with Crippen molar-refractivity contribution in [2.24, 2.45) is 0 Å². The van der Waals surface area contributed by atoms with Gasteiger partial charge in [-0.25, -0.2) is 4.68 Å². The van der Waals surface area contributed by atoms with E-state index in [-0.39, 0.29) is 0 Å². The molecule has 0 amide bonds. The fraction of sp³-hybridized carbons (Fsp3) is 0.778. The molecule has 78 valence electrons. The number of ether oxygens (including phenoxy) is 1. The fourth-order valence-electron chi connectivity index (χ4n) is 1.91. The van der Waals surface area contributed by atoms with Crippen molar-refractivity contribution in [1.29, 1.82) is 0 Å². The molecule has 5 nitrogen and oxygen atoms in total. The quantitative estimate of drug-likeness (QED) is 0.758. The monoisotopic (exact) mass is 196 g/mol. The van der Waals surface area contributed by atoms with Gasteiger partial charge in [0.15, 0.2) is 0 Å². The van der Waals surface area contributed by atoms with Gasteiger partial charge in [-0.15, -0.1) is 5.10 Å². The van der Waals surface area contributed by atoms with Gasteiger partial charge < -0.3 is 10.1 Å². The third-order valence-electron chi connectivity index (χ3n) is 2.61. The minimum atomic E-state index is 0.492. The maximum absolute atomic E-state index is 5.06. The molecule has 2 rings (SSSR count). The molecule has 0 radical (unpaired) electrons. The molecule has 1 aliphatic rings. The number of hydrogen-bond acceptors (Lipinski definition) is 4. The summed E-state index contributed by atoms with van der Waals surface area (Å²) in [6.45, 7) is 2.64. The molecule has 1 atom stereocenters. The number of rotatable bonds is 3. The van der Waals surface area contributed by atoms with Crippen molar-refractivity contribution < 1.29 is 4.74 Å². The Labute approximate surface area is 83.4 Å². The predicted octanol–water partition coefficient (Wildman–Crippen LogP) is 0.349. The minimum Gasteiger partial charge on any atom is -0.362 e. The summed E-state index contributed by atoms with van der Waals surface area (Å²) in [4.78, 5) is 0. The summed E-state index contributed by atoms with van der Waals surface area (Å²) in [5, 5.41) is 11.3. The molecule has 14 heavy (non-hydrogen) atoms. The number of methoxy groups -OCH3 is 1. The van der Waals surface area contributed by atoms with Gasteiger partial charge >= 0.3 is 0 Å². The van der Waals surface area contributed by atoms with Gasteiger partial charge in [0.05, 0.1) is 11.9 Å². The number of hydrogen-bond donors (Lipinski definition) is 1. The SMILES string of the molecule is COCn1nncc1C1CCCNC1. The molecule has 0 saturated carbocycles. The first-order chi connectivity index (χ1) is 6.92. The van der Waals surface area contributed by atoms with Crippen molar-refractivity contribution in [3.63, 3.8) is 0 Å². The number of aromatic nitrogens is 3. The van der Waals surface area contributed by atoms with E-state index in [1.54, 1.807) is 7.11 Å². The van der Waals surface area contributed by atoms with Crippen LogP contribution < -0.4 is 5.32 Å². The molecule has 1 unspecified atom stereocenters. The predicted molar refractivity (Wildman–Crippen MR) is 51.9 cm³/mol. The Morgan fingerprint density at radius 1 is 1.71 bits per heavy atom. The van der Waals surface area contributed by atoms with Gasteiger partial charge in [-0.1, -0.05) is 5.21 Å². The van der Waals surface area contributed by atoms with E-state index >= 15 is 0 Å². The standard InChI is InChI=1S/C9H16N4O/c1-14-7-13-9(6-11-12-13)8-3-2-4-10-5-8/h6,8,10H,2-5,7H2,1H3. The molecule has 5 heteroatoms. The molecule has 1 aliphatic heterocycles. The first-order valence-corrected chi connectivity index (χ1v) is 5.00. The summed E-state index contributed by atoms with van der Waals surface area (Å²) >= 11 is 0. The van der Waals surface area contributed by atoms with Gasteiger partial charge in [0.2, 0.25) is 0 Å². The number of piperidine rings is 1. The van der Waals surface area contributed by atoms with Crippen molar-refractivity contribution in [1.82, 2.24) is 20.3 Å². The van der Waals surface area contributed by atoms with Crippen molar-refractivity contribution in [2.45, 2.75) is 25.5 Å². The Bertz CT molecular complexity index is 280. The first-order valence-electron chi connectivity index (χ1n) is 5.00. The van der Waals surface area contributed by atoms with Crippen molar-refractivity contribution >= 4 is 0 Å². The average Bonchev–Trinajstić information content (AvgIpc) is 2.68. The van der Waals surface area contributed by atoms with Crippen LogP contribution in [-0.2, 0) is 11.5 Å². The van der Waals surface area contributed by atoms with E-state index < -0.39 is 0 Å². The van der Waals surface area contributed by atoms with Crippen LogP contribution in [0.5, 0.6) is 0 Å². The maximum atomic E-state index is 5.06. The fourth-order valence-corrected chi connectivity index (χ4v) is 1.91. The van der Waals surface area contributed by atoms with E-state index in [0.717, 1.165) is 13.1 Å². The maximum Gasteiger partial charge on any atom is 0.141 e. The van der Waals surface area contributed by atoms with Gasteiger partial charge in [0, 0.05) is 19.6 Å². The van der Waals surface area contributed by atoms with Crippen molar-refractivity contribution in [3.8, 4) is 0 Å². The van der Waals surface area contributed by atoms with E-state index in [0.29, 0.717) is 12.6 Å². The largest absolute Gasteiger partial charge is 0.362 e. The lowest BCUT2D eigenvalue weighted by atomic mass is 9.97. The highest BCUT2D eigenvalue weighted by atomic mass is 16.5. The second-order valence-electron chi connectivity index (χ2n) is 3.62. The topological polar surface area (TPSA) is 52.0 Å². The van der Waals surface area contributed by atoms with Crippen LogP contribution in [0.2, 0.25) is 0 Å². The normalized spacial score (nSPS) is 22.5. The van der Waals surface area contributed by atoms with Crippen LogP contribution >= 0.6 is 0 Å². The van der Waals surface area contributed by atoms with Crippen LogP contribution in [0.25, 0.3) is 0 Å². The van der Waals surface area contributed by atoms with Crippen LogP contribution in [0.4, 0.5) is 0 Å². The van der Waals surface area contributed by atoms with E-state index in [9.17, 15) is 0 Å². The molecule has 1 N–H and O–H groups in total. The molecule has 1 aromatic heterocycles. The van der Waals surface area contributed by atoms with Crippen LogP contribution in [0, 0.1) is 0 Å². The molecule has 1 saturated heterocycles. The average molecular weight is 196 g/mol. The molecule has 1 aromatic rings. The lowest BCUT2D eigenvalue weighted by Gasteiger charge is -2.22. The number of nitrogens with zero attached hydrogens (tertiary/aromatic N) is 3. The summed E-state index contributed by atoms with van der Waals surface area (Å²) in [5.41, 5.74) is 1.18. The second-order valence-corrected chi connectivity index (χ2v) is 3.62. The van der Waals surface area contributed by atoms with Crippen LogP contribution in [-0.4, -0.2) is 35.2 Å². The highest BCUT2D eigenvalue weighted by molar-refractivity contribution is 5.05. The Kier molecular flexibility index (Phi) is 3.10. The summed E-state index contributed by atoms with van der Waals surface area (Å²) in [7, 11) is 1.67. The summed E-state index contributed by atoms with van der Waals surface area (Å²) < 4.78 is 6.89. The molecule has 0 bridgehead atoms. The van der Waals surface area contributed by atoms with Gasteiger partial charge in [-0.3, -0.25) is 0 Å². The van der Waals surface area contributed by atoms with Crippen LogP contribution in [0.3, 0.4) is 0 Å². The molecular formula is C9H16N4O. The molecule has 0 aliphatic carbocycles. The third-order valence-corrected chi connectivity index (χ3v) is 2.61. The third kappa shape index (κ3) is 1.93. The van der Waals surface area contributed by atoms with E-state index in [1.165, 1.54) is 18.5 Å². The van der Waals surface area contributed by atoms with Gasteiger partial charge in [0.25, 0.3) is 0 Å². The smallest absolute Gasteiger partial charge is 0.141 e. The second kappa shape index (κ2) is 4.52. The Morgan fingerprint density at radius 3 is 3.36 bits per heavy atom. The van der Waals surface area contributed by atoms with E-state index in [4.69, 9.17) is 4.74 Å². The van der Waals surface area contributed by atoms with E-state index in [1.807, 2.05) is 10.9 Å². The summed E-state index contributed by atoms with van der Waals surface area (Å²) in [6, 6.07) is 0. The van der Waals surface area contributed by atoms with Crippen LogP contribution in [0.15, 0.2) is 6.20 Å². The molecule has 2 heterocycles. The summed E-state index contributed by atoms with van der Waals surface area (Å²) in [5.74, 6) is 0.536. The Balaban J connectivity index is 2.09. The zero-order chi connectivity index (χ0) is 9.80. The lowest BCUT2D eigenvalue weighted by molar-refractivity contribution is 0.114. The number of nitrogens with one attached hydrogen (secondary N) is 1. The zero-order valence-corrected chi connectivity index (χ0v) is 8.44. The molecule has 1 fully saturated rings. The molecular weight excluding hydrogens is 180 g/mol. The summed E-state index contributed by atoms with van der Waals surface area (Å²) in [6.07, 6.45) is 4.28. The van der Waals surface area contributed by atoms with E-state index in [2.05, 4.69) is 15.6 Å². The lowest BCUT2D eigenvalue weighted by Crippen LogP contribution is -2.29. The highest BCUT2D eigenvalue weighted by Crippen LogP contribution is 2.21. The van der Waals surface area contributed by atoms with Gasteiger partial charge in [-0.2, -0.15) is 0 Å². The van der Waals surface area contributed by atoms with Crippen molar-refractivity contribution in [2.75, 3.05) is 20.2 Å². The molecule has 0 spiro atoms. The van der Waals surface area contributed by atoms with Gasteiger partial charge in [-0.05, 0) is 19.4 Å². The van der Waals surface area contributed by atoms with Gasteiger partial charge in [0.1, 0.15) is 6.73 Å². The Morgan fingerprint density at radius 2 is 2.64 bits per heavy atom. The Hall–Kier alpha value is -0.940. The molecule has 0 aromatic carbocycles. The highest BCUT2D eigenvalue weighted by Gasteiger charge is 2.19. The van der Waals surface area contributed by atoms with Crippen LogP contribution in [0.1, 0.15) is 24.5 Å². The zero-order valence-electron chi connectivity index (χ0n) is 8.44. The minimum absolute atomic E-state index is 0.492.